The lowest BCUT2D eigenvalue weighted by Crippen LogP contribution is -2.31. The number of anilines is 2. The van der Waals surface area contributed by atoms with Crippen LogP contribution < -0.4 is 10.6 Å². The normalized spacial score (nSPS) is 10.8. The van der Waals surface area contributed by atoms with Gasteiger partial charge in [0.25, 0.3) is 0 Å². The van der Waals surface area contributed by atoms with Crippen LogP contribution in [0.2, 0.25) is 0 Å². The summed E-state index contributed by atoms with van der Waals surface area (Å²) in [6.45, 7) is 4.08. The summed E-state index contributed by atoms with van der Waals surface area (Å²) in [4.78, 5) is 22.8. The number of thiazole rings is 2. The van der Waals surface area contributed by atoms with E-state index in [4.69, 9.17) is 5.73 Å². The Hall–Kier alpha value is -3.03. The molecule has 2 aromatic carbocycles. The molecule has 0 bridgehead atoms. The first kappa shape index (κ1) is 18.3. The predicted molar refractivity (Wildman–Crippen MR) is 116 cm³/mol. The van der Waals surface area contributed by atoms with Crippen molar-refractivity contribution >= 4 is 39.0 Å². The lowest BCUT2D eigenvalue weighted by atomic mass is 10.1. The van der Waals surface area contributed by atoms with Crippen LogP contribution in [0.5, 0.6) is 0 Å². The maximum atomic E-state index is 12.2. The van der Waals surface area contributed by atoms with Crippen molar-refractivity contribution in [2.75, 3.05) is 4.90 Å². The smallest absolute Gasteiger partial charge is 0.327 e. The topological polar surface area (TPSA) is 72.1 Å². The second kappa shape index (κ2) is 7.53. The zero-order valence-electron chi connectivity index (χ0n) is 15.4. The van der Waals surface area contributed by atoms with Gasteiger partial charge in [-0.1, -0.05) is 59.7 Å². The van der Waals surface area contributed by atoms with Gasteiger partial charge in [0.15, 0.2) is 0 Å². The number of carbonyl (C=O) groups is 1. The fraction of sp³-hybridized carbons (Fsp3) is 0.0952. The molecular formula is C21H18N4OS2. The highest BCUT2D eigenvalue weighted by molar-refractivity contribution is 7.16. The van der Waals surface area contributed by atoms with Crippen molar-refractivity contribution in [3.8, 4) is 22.5 Å². The number of hydrogen-bond donors (Lipinski definition) is 1. The second-order valence-corrected chi connectivity index (χ2v) is 8.11. The van der Waals surface area contributed by atoms with Crippen molar-refractivity contribution in [2.24, 2.45) is 5.73 Å². The average molecular weight is 407 g/mol. The maximum Gasteiger partial charge on any atom is 0.327 e. The summed E-state index contributed by atoms with van der Waals surface area (Å²) in [5, 5.41) is 4.86. The molecule has 7 heteroatoms. The number of rotatable bonds is 4. The highest BCUT2D eigenvalue weighted by atomic mass is 32.1. The fourth-order valence-corrected chi connectivity index (χ4v) is 4.45. The number of benzene rings is 2. The number of nitrogens with zero attached hydrogens (tertiary/aromatic N) is 3. The molecule has 0 atom stereocenters. The van der Waals surface area contributed by atoms with E-state index in [0.717, 1.165) is 22.5 Å². The molecule has 0 fully saturated rings. The van der Waals surface area contributed by atoms with Gasteiger partial charge in [-0.25, -0.2) is 19.7 Å². The standard InChI is InChI=1S/C21H18N4OS2/c1-13-3-7-15(8-4-13)17-11-27-20(23-17)25(19(22)26)21-24-18(12-28-21)16-9-5-14(2)6-10-16/h3-12H,1-2H3,(H2,22,26). The van der Waals surface area contributed by atoms with Crippen molar-refractivity contribution in [2.45, 2.75) is 13.8 Å². The van der Waals surface area contributed by atoms with Gasteiger partial charge in [0.1, 0.15) is 0 Å². The third-order valence-electron chi connectivity index (χ3n) is 4.28. The van der Waals surface area contributed by atoms with Gasteiger partial charge in [-0.2, -0.15) is 0 Å². The van der Waals surface area contributed by atoms with Crippen LogP contribution in [-0.2, 0) is 0 Å². The molecule has 28 heavy (non-hydrogen) atoms. The zero-order valence-corrected chi connectivity index (χ0v) is 17.1. The Morgan fingerprint density at radius 1 is 0.786 bits per heavy atom. The molecule has 140 valence electrons. The quantitative estimate of drug-likeness (QED) is 0.468. The van der Waals surface area contributed by atoms with Crippen LogP contribution in [0.25, 0.3) is 22.5 Å². The molecule has 5 nitrogen and oxygen atoms in total. The minimum atomic E-state index is -0.602. The number of nitrogens with two attached hydrogens (primary N) is 1. The molecule has 0 aliphatic heterocycles. The van der Waals surface area contributed by atoms with Gasteiger partial charge in [-0.05, 0) is 13.8 Å². The van der Waals surface area contributed by atoms with Crippen molar-refractivity contribution < 1.29 is 4.79 Å². The third-order valence-corrected chi connectivity index (χ3v) is 5.93. The van der Waals surface area contributed by atoms with Gasteiger partial charge in [0.2, 0.25) is 10.3 Å². The number of urea groups is 1. The average Bonchev–Trinajstić information content (AvgIpc) is 3.34. The molecule has 4 rings (SSSR count). The Balaban J connectivity index is 1.66. The van der Waals surface area contributed by atoms with Gasteiger partial charge in [-0.15, -0.1) is 22.7 Å². The van der Waals surface area contributed by atoms with E-state index < -0.39 is 6.03 Å². The van der Waals surface area contributed by atoms with E-state index in [-0.39, 0.29) is 0 Å². The van der Waals surface area contributed by atoms with E-state index >= 15 is 0 Å². The van der Waals surface area contributed by atoms with Crippen molar-refractivity contribution in [3.05, 3.63) is 70.4 Å². The molecule has 2 amide bonds. The minimum absolute atomic E-state index is 0.507. The first-order valence-corrected chi connectivity index (χ1v) is 10.4. The molecule has 2 N–H and O–H groups in total. The summed E-state index contributed by atoms with van der Waals surface area (Å²) in [6.07, 6.45) is 0. The van der Waals surface area contributed by atoms with Crippen LogP contribution in [0.4, 0.5) is 15.1 Å². The Morgan fingerprint density at radius 3 is 1.54 bits per heavy atom. The van der Waals surface area contributed by atoms with E-state index in [9.17, 15) is 4.79 Å². The van der Waals surface area contributed by atoms with E-state index in [1.54, 1.807) is 0 Å². The molecule has 0 radical (unpaired) electrons. The molecule has 4 aromatic rings. The Kier molecular flexibility index (Phi) is 4.93. The van der Waals surface area contributed by atoms with Gasteiger partial charge in [-0.3, -0.25) is 0 Å². The number of aryl methyl sites for hydroxylation is 2. The number of aromatic nitrogens is 2. The van der Waals surface area contributed by atoms with E-state index in [0.29, 0.717) is 10.3 Å². The van der Waals surface area contributed by atoms with Crippen LogP contribution in [0, 0.1) is 13.8 Å². The van der Waals surface area contributed by atoms with Gasteiger partial charge in [0.05, 0.1) is 11.4 Å². The largest absolute Gasteiger partial charge is 0.351 e. The summed E-state index contributed by atoms with van der Waals surface area (Å²) in [7, 11) is 0. The lowest BCUT2D eigenvalue weighted by Gasteiger charge is -2.13. The Bertz CT molecular complexity index is 1030. The Morgan fingerprint density at radius 2 is 1.18 bits per heavy atom. The fourth-order valence-electron chi connectivity index (χ4n) is 2.72. The summed E-state index contributed by atoms with van der Waals surface area (Å²) in [5.41, 5.74) is 11.6. The maximum absolute atomic E-state index is 12.2. The van der Waals surface area contributed by atoms with E-state index in [1.807, 2.05) is 73.1 Å². The van der Waals surface area contributed by atoms with Crippen LogP contribution in [0.1, 0.15) is 11.1 Å². The van der Waals surface area contributed by atoms with Crippen LogP contribution in [-0.4, -0.2) is 16.0 Å². The molecular weight excluding hydrogens is 388 g/mol. The predicted octanol–water partition coefficient (Wildman–Crippen LogP) is 5.77. The van der Waals surface area contributed by atoms with E-state index in [2.05, 4.69) is 9.97 Å². The summed E-state index contributed by atoms with van der Waals surface area (Å²) in [5.74, 6) is 0. The number of amides is 2. The zero-order chi connectivity index (χ0) is 19.7. The van der Waals surface area contributed by atoms with Crippen molar-refractivity contribution in [1.29, 1.82) is 0 Å². The van der Waals surface area contributed by atoms with Gasteiger partial charge >= 0.3 is 6.03 Å². The van der Waals surface area contributed by atoms with Gasteiger partial charge in [0, 0.05) is 21.9 Å². The van der Waals surface area contributed by atoms with Gasteiger partial charge < -0.3 is 5.73 Å². The van der Waals surface area contributed by atoms with Crippen molar-refractivity contribution in [1.82, 2.24) is 9.97 Å². The summed E-state index contributed by atoms with van der Waals surface area (Å²) >= 11 is 2.74. The SMILES string of the molecule is Cc1ccc(-c2csc(N(C(N)=O)c3nc(-c4ccc(C)cc4)cs3)n2)cc1. The second-order valence-electron chi connectivity index (χ2n) is 6.44. The van der Waals surface area contributed by atoms with Crippen LogP contribution in [0.15, 0.2) is 59.3 Å². The minimum Gasteiger partial charge on any atom is -0.351 e. The Labute approximate surface area is 171 Å². The molecule has 0 aliphatic rings. The third kappa shape index (κ3) is 3.67. The number of carbonyl (C=O) groups excluding carboxylic acids is 1. The van der Waals surface area contributed by atoms with Crippen LogP contribution in [0.3, 0.4) is 0 Å². The molecule has 2 heterocycles. The first-order valence-electron chi connectivity index (χ1n) is 8.66. The highest BCUT2D eigenvalue weighted by Crippen LogP contribution is 2.35. The molecule has 2 aromatic heterocycles. The number of hydrogen-bond acceptors (Lipinski definition) is 5. The molecule has 0 unspecified atom stereocenters. The summed E-state index contributed by atoms with van der Waals surface area (Å²) < 4.78 is 0. The van der Waals surface area contributed by atoms with E-state index in [1.165, 1.54) is 38.7 Å². The first-order chi connectivity index (χ1) is 13.5. The summed E-state index contributed by atoms with van der Waals surface area (Å²) in [6, 6.07) is 15.6. The van der Waals surface area contributed by atoms with Crippen LogP contribution >= 0.6 is 22.7 Å². The molecule has 0 saturated carbocycles. The van der Waals surface area contributed by atoms with Crippen molar-refractivity contribution in [3.63, 3.8) is 0 Å². The number of primary amides is 1. The highest BCUT2D eigenvalue weighted by Gasteiger charge is 2.22. The molecule has 0 saturated heterocycles. The lowest BCUT2D eigenvalue weighted by molar-refractivity contribution is 0.256. The molecule has 0 aliphatic carbocycles. The molecule has 0 spiro atoms. The monoisotopic (exact) mass is 406 g/mol.